The third kappa shape index (κ3) is 3.08. The zero-order valence-corrected chi connectivity index (χ0v) is 13.0. The third-order valence-corrected chi connectivity index (χ3v) is 3.92. The van der Waals surface area contributed by atoms with E-state index < -0.39 is 0 Å². The Morgan fingerprint density at radius 2 is 2.14 bits per heavy atom. The van der Waals surface area contributed by atoms with Crippen LogP contribution in [0, 0.1) is 6.92 Å². The molecule has 1 aliphatic rings. The van der Waals surface area contributed by atoms with Gasteiger partial charge in [0.2, 0.25) is 0 Å². The summed E-state index contributed by atoms with van der Waals surface area (Å²) in [6.07, 6.45) is 1.82. The summed E-state index contributed by atoms with van der Waals surface area (Å²) in [5, 5.41) is 11.7. The van der Waals surface area contributed by atoms with Crippen LogP contribution < -0.4 is 10.2 Å². The molecule has 0 amide bonds. The Bertz CT molecular complexity index is 617. The first kappa shape index (κ1) is 14.1. The highest BCUT2D eigenvalue weighted by atomic mass is 15.3. The van der Waals surface area contributed by atoms with Gasteiger partial charge in [0.05, 0.1) is 6.54 Å². The quantitative estimate of drug-likeness (QED) is 0.934. The summed E-state index contributed by atoms with van der Waals surface area (Å²) in [6, 6.07) is 7.19. The fraction of sp³-hybridized carbons (Fsp3) is 0.500. The number of hydrogen-bond acceptors (Lipinski definition) is 4. The maximum Gasteiger partial charge on any atom is 0.152 e. The smallest absolute Gasteiger partial charge is 0.152 e. The van der Waals surface area contributed by atoms with E-state index in [0.717, 1.165) is 32.0 Å². The molecule has 0 spiro atoms. The molecule has 2 heterocycles. The fourth-order valence-electron chi connectivity index (χ4n) is 2.75. The van der Waals surface area contributed by atoms with Crippen molar-refractivity contribution in [2.75, 3.05) is 11.4 Å². The maximum atomic E-state index is 4.21. The molecule has 112 valence electrons. The zero-order chi connectivity index (χ0) is 14.8. The Balaban J connectivity index is 1.84. The Labute approximate surface area is 126 Å². The second kappa shape index (κ2) is 5.85. The van der Waals surface area contributed by atoms with Crippen molar-refractivity contribution in [3.8, 4) is 0 Å². The standard InChI is InChI=1S/C16H23N5/c1-12(2)17-9-14-8-13(3)4-5-15(14)20-6-7-21-11-18-19-16(21)10-20/h4-5,8,11-12,17H,6-7,9-10H2,1-3H3. The maximum absolute atomic E-state index is 4.21. The van der Waals surface area contributed by atoms with E-state index in [4.69, 9.17) is 0 Å². The van der Waals surface area contributed by atoms with Crippen LogP contribution in [0.3, 0.4) is 0 Å². The molecule has 1 aromatic carbocycles. The van der Waals surface area contributed by atoms with Gasteiger partial charge in [-0.2, -0.15) is 0 Å². The van der Waals surface area contributed by atoms with Crippen LogP contribution in [-0.4, -0.2) is 27.4 Å². The molecule has 3 rings (SSSR count). The second-order valence-corrected chi connectivity index (χ2v) is 6.03. The number of rotatable bonds is 4. The van der Waals surface area contributed by atoms with Crippen molar-refractivity contribution in [3.05, 3.63) is 41.5 Å². The van der Waals surface area contributed by atoms with Crippen molar-refractivity contribution in [2.24, 2.45) is 0 Å². The van der Waals surface area contributed by atoms with Crippen LogP contribution in [0.25, 0.3) is 0 Å². The van der Waals surface area contributed by atoms with Crippen LogP contribution in [0.4, 0.5) is 5.69 Å². The van der Waals surface area contributed by atoms with Gasteiger partial charge in [0.1, 0.15) is 6.33 Å². The number of nitrogens with zero attached hydrogens (tertiary/aromatic N) is 4. The van der Waals surface area contributed by atoms with Crippen molar-refractivity contribution in [1.82, 2.24) is 20.1 Å². The van der Waals surface area contributed by atoms with Gasteiger partial charge in [-0.05, 0) is 18.6 Å². The van der Waals surface area contributed by atoms with Gasteiger partial charge in [0.15, 0.2) is 5.82 Å². The van der Waals surface area contributed by atoms with E-state index in [9.17, 15) is 0 Å². The minimum Gasteiger partial charge on any atom is -0.362 e. The number of benzene rings is 1. The first-order valence-electron chi connectivity index (χ1n) is 7.58. The molecule has 0 saturated heterocycles. The summed E-state index contributed by atoms with van der Waals surface area (Å²) < 4.78 is 2.14. The lowest BCUT2D eigenvalue weighted by atomic mass is 10.1. The van der Waals surface area contributed by atoms with Crippen LogP contribution in [0.5, 0.6) is 0 Å². The van der Waals surface area contributed by atoms with E-state index in [1.165, 1.54) is 16.8 Å². The molecule has 0 saturated carbocycles. The van der Waals surface area contributed by atoms with Crippen molar-refractivity contribution >= 4 is 5.69 Å². The van der Waals surface area contributed by atoms with E-state index in [1.807, 2.05) is 6.33 Å². The minimum atomic E-state index is 0.489. The molecular formula is C16H23N5. The highest BCUT2D eigenvalue weighted by Gasteiger charge is 2.19. The van der Waals surface area contributed by atoms with Gasteiger partial charge in [0.25, 0.3) is 0 Å². The molecule has 0 atom stereocenters. The highest BCUT2D eigenvalue weighted by molar-refractivity contribution is 5.55. The summed E-state index contributed by atoms with van der Waals surface area (Å²) in [6.45, 7) is 10.2. The molecule has 0 bridgehead atoms. The van der Waals surface area contributed by atoms with Crippen LogP contribution in [0.15, 0.2) is 24.5 Å². The zero-order valence-electron chi connectivity index (χ0n) is 13.0. The predicted molar refractivity (Wildman–Crippen MR) is 84.2 cm³/mol. The van der Waals surface area contributed by atoms with Crippen molar-refractivity contribution in [1.29, 1.82) is 0 Å². The van der Waals surface area contributed by atoms with E-state index >= 15 is 0 Å². The van der Waals surface area contributed by atoms with Crippen LogP contribution in [0.2, 0.25) is 0 Å². The molecule has 0 unspecified atom stereocenters. The molecule has 1 aromatic heterocycles. The average Bonchev–Trinajstić information content (AvgIpc) is 2.92. The van der Waals surface area contributed by atoms with Gasteiger partial charge in [0, 0.05) is 31.4 Å². The molecule has 5 heteroatoms. The van der Waals surface area contributed by atoms with Crippen molar-refractivity contribution < 1.29 is 0 Å². The van der Waals surface area contributed by atoms with Gasteiger partial charge >= 0.3 is 0 Å². The largest absolute Gasteiger partial charge is 0.362 e. The second-order valence-electron chi connectivity index (χ2n) is 6.03. The number of anilines is 1. The number of nitrogens with one attached hydrogen (secondary N) is 1. The van der Waals surface area contributed by atoms with E-state index in [2.05, 4.69) is 64.0 Å². The van der Waals surface area contributed by atoms with Crippen molar-refractivity contribution in [3.63, 3.8) is 0 Å². The van der Waals surface area contributed by atoms with Gasteiger partial charge in [-0.15, -0.1) is 10.2 Å². The Hall–Kier alpha value is -1.88. The van der Waals surface area contributed by atoms with Crippen molar-refractivity contribution in [2.45, 2.75) is 46.4 Å². The lowest BCUT2D eigenvalue weighted by Crippen LogP contribution is -2.34. The summed E-state index contributed by atoms with van der Waals surface area (Å²) in [4.78, 5) is 2.40. The summed E-state index contributed by atoms with van der Waals surface area (Å²) in [5.41, 5.74) is 3.97. The molecule has 0 radical (unpaired) electrons. The summed E-state index contributed by atoms with van der Waals surface area (Å²) in [7, 11) is 0. The van der Waals surface area contributed by atoms with Gasteiger partial charge in [-0.25, -0.2) is 0 Å². The fourth-order valence-corrected chi connectivity index (χ4v) is 2.75. The number of aryl methyl sites for hydroxylation is 1. The summed E-state index contributed by atoms with van der Waals surface area (Å²) >= 11 is 0. The number of aromatic nitrogens is 3. The Morgan fingerprint density at radius 1 is 1.29 bits per heavy atom. The third-order valence-electron chi connectivity index (χ3n) is 3.92. The first-order chi connectivity index (χ1) is 10.1. The molecular weight excluding hydrogens is 262 g/mol. The summed E-state index contributed by atoms with van der Waals surface area (Å²) in [5.74, 6) is 1.05. The van der Waals surface area contributed by atoms with Gasteiger partial charge < -0.3 is 14.8 Å². The van der Waals surface area contributed by atoms with E-state index in [1.54, 1.807) is 0 Å². The number of fused-ring (bicyclic) bond motifs is 1. The highest BCUT2D eigenvalue weighted by Crippen LogP contribution is 2.25. The minimum absolute atomic E-state index is 0.489. The molecule has 1 aliphatic heterocycles. The topological polar surface area (TPSA) is 46.0 Å². The molecule has 0 aliphatic carbocycles. The lowest BCUT2D eigenvalue weighted by Gasteiger charge is -2.31. The van der Waals surface area contributed by atoms with Gasteiger partial charge in [-0.1, -0.05) is 31.5 Å². The average molecular weight is 285 g/mol. The molecule has 1 N–H and O–H groups in total. The molecule has 5 nitrogen and oxygen atoms in total. The van der Waals surface area contributed by atoms with Crippen LogP contribution in [0.1, 0.15) is 30.8 Å². The molecule has 2 aromatic rings. The molecule has 21 heavy (non-hydrogen) atoms. The Kier molecular flexibility index (Phi) is 3.92. The van der Waals surface area contributed by atoms with Crippen LogP contribution >= 0.6 is 0 Å². The van der Waals surface area contributed by atoms with E-state index in [0.29, 0.717) is 6.04 Å². The molecule has 0 fully saturated rings. The van der Waals surface area contributed by atoms with Crippen LogP contribution in [-0.2, 0) is 19.6 Å². The number of hydrogen-bond donors (Lipinski definition) is 1. The first-order valence-corrected chi connectivity index (χ1v) is 7.58. The predicted octanol–water partition coefficient (Wildman–Crippen LogP) is 2.10. The lowest BCUT2D eigenvalue weighted by molar-refractivity contribution is 0.553. The monoisotopic (exact) mass is 285 g/mol. The normalized spacial score (nSPS) is 14.6. The SMILES string of the molecule is Cc1ccc(N2CCn3cnnc3C2)c(CNC(C)C)c1. The van der Waals surface area contributed by atoms with E-state index in [-0.39, 0.29) is 0 Å². The van der Waals surface area contributed by atoms with Gasteiger partial charge in [-0.3, -0.25) is 0 Å². The Morgan fingerprint density at radius 3 is 2.95 bits per heavy atom.